The highest BCUT2D eigenvalue weighted by atomic mass is 16.3. The van der Waals surface area contributed by atoms with Crippen molar-refractivity contribution in [3.63, 3.8) is 0 Å². The van der Waals surface area contributed by atoms with Crippen LogP contribution in [-0.2, 0) is 9.59 Å². The lowest BCUT2D eigenvalue weighted by Gasteiger charge is -2.23. The first-order valence-corrected chi connectivity index (χ1v) is 8.28. The van der Waals surface area contributed by atoms with Crippen LogP contribution in [0.1, 0.15) is 31.4 Å². The summed E-state index contributed by atoms with van der Waals surface area (Å²) in [5, 5.41) is 15.3. The third-order valence-electron chi connectivity index (χ3n) is 4.59. The molecule has 0 radical (unpaired) electrons. The van der Waals surface area contributed by atoms with Gasteiger partial charge in [0.15, 0.2) is 0 Å². The first kappa shape index (κ1) is 16.5. The molecule has 24 heavy (non-hydrogen) atoms. The van der Waals surface area contributed by atoms with Gasteiger partial charge in [-0.15, -0.1) is 0 Å². The molecular formula is C19H22N2O3. The van der Waals surface area contributed by atoms with Gasteiger partial charge in [-0.2, -0.15) is 0 Å². The summed E-state index contributed by atoms with van der Waals surface area (Å²) < 4.78 is 0. The standard InChI is InChI=1S/C19H22N2O3/c1-13(22)21-10-4-7-17(21)19(24)20-12-18(23)16-9-8-14-5-2-3-6-15(14)11-16/h2-3,5-6,8-9,11,17-18,23H,4,7,10,12H2,1H3,(H,20,24)/t17-,18-/m1/s1. The van der Waals surface area contributed by atoms with E-state index in [-0.39, 0.29) is 18.4 Å². The number of benzene rings is 2. The van der Waals surface area contributed by atoms with Gasteiger partial charge in [-0.25, -0.2) is 0 Å². The third kappa shape index (κ3) is 3.41. The zero-order valence-corrected chi connectivity index (χ0v) is 13.7. The van der Waals surface area contributed by atoms with Crippen molar-refractivity contribution in [2.24, 2.45) is 0 Å². The maximum atomic E-state index is 12.3. The lowest BCUT2D eigenvalue weighted by Crippen LogP contribution is -2.46. The van der Waals surface area contributed by atoms with E-state index in [0.717, 1.165) is 22.8 Å². The fourth-order valence-electron chi connectivity index (χ4n) is 3.26. The summed E-state index contributed by atoms with van der Waals surface area (Å²) in [6.07, 6.45) is 0.744. The van der Waals surface area contributed by atoms with Crippen LogP contribution in [0.25, 0.3) is 10.8 Å². The molecule has 3 rings (SSSR count). The highest BCUT2D eigenvalue weighted by Crippen LogP contribution is 2.21. The monoisotopic (exact) mass is 326 g/mol. The highest BCUT2D eigenvalue weighted by molar-refractivity contribution is 5.87. The Balaban J connectivity index is 1.62. The molecule has 0 aromatic heterocycles. The van der Waals surface area contributed by atoms with Gasteiger partial charge in [-0.05, 0) is 35.2 Å². The Hall–Kier alpha value is -2.40. The van der Waals surface area contributed by atoms with Crippen LogP contribution in [-0.4, -0.2) is 41.0 Å². The second-order valence-electron chi connectivity index (χ2n) is 6.24. The predicted octanol–water partition coefficient (Wildman–Crippen LogP) is 2.00. The van der Waals surface area contributed by atoms with Crippen LogP contribution in [0.5, 0.6) is 0 Å². The molecule has 0 aliphatic carbocycles. The Bertz CT molecular complexity index is 759. The first-order valence-electron chi connectivity index (χ1n) is 8.28. The molecule has 0 spiro atoms. The Morgan fingerprint density at radius 2 is 2.00 bits per heavy atom. The maximum absolute atomic E-state index is 12.3. The molecule has 2 N–H and O–H groups in total. The van der Waals surface area contributed by atoms with Gasteiger partial charge in [-0.1, -0.05) is 36.4 Å². The van der Waals surface area contributed by atoms with Crippen molar-refractivity contribution < 1.29 is 14.7 Å². The van der Waals surface area contributed by atoms with Gasteiger partial charge >= 0.3 is 0 Å². The largest absolute Gasteiger partial charge is 0.387 e. The molecule has 2 aromatic carbocycles. The van der Waals surface area contributed by atoms with Crippen molar-refractivity contribution in [2.45, 2.75) is 31.9 Å². The number of nitrogens with one attached hydrogen (secondary N) is 1. The fourth-order valence-corrected chi connectivity index (χ4v) is 3.26. The number of hydrogen-bond acceptors (Lipinski definition) is 3. The number of likely N-dealkylation sites (tertiary alicyclic amines) is 1. The smallest absolute Gasteiger partial charge is 0.242 e. The van der Waals surface area contributed by atoms with Crippen molar-refractivity contribution in [3.05, 3.63) is 48.0 Å². The summed E-state index contributed by atoms with van der Waals surface area (Å²) in [7, 11) is 0. The maximum Gasteiger partial charge on any atom is 0.242 e. The number of rotatable bonds is 4. The molecule has 2 atom stereocenters. The van der Waals surface area contributed by atoms with Crippen LogP contribution in [0.3, 0.4) is 0 Å². The number of hydrogen-bond donors (Lipinski definition) is 2. The van der Waals surface area contributed by atoms with Crippen molar-refractivity contribution >= 4 is 22.6 Å². The number of amides is 2. The molecule has 2 amide bonds. The second-order valence-corrected chi connectivity index (χ2v) is 6.24. The average Bonchev–Trinajstić information content (AvgIpc) is 3.09. The summed E-state index contributed by atoms with van der Waals surface area (Å²) in [6, 6.07) is 13.3. The summed E-state index contributed by atoms with van der Waals surface area (Å²) in [5.41, 5.74) is 0.767. The minimum Gasteiger partial charge on any atom is -0.387 e. The molecule has 0 saturated carbocycles. The molecule has 1 saturated heterocycles. The summed E-state index contributed by atoms with van der Waals surface area (Å²) in [5.74, 6) is -0.273. The average molecular weight is 326 g/mol. The molecule has 0 bridgehead atoms. The number of fused-ring (bicyclic) bond motifs is 1. The Labute approximate surface area is 141 Å². The van der Waals surface area contributed by atoms with Crippen molar-refractivity contribution in [1.29, 1.82) is 0 Å². The zero-order valence-electron chi connectivity index (χ0n) is 13.7. The van der Waals surface area contributed by atoms with Crippen LogP contribution < -0.4 is 5.32 Å². The number of aliphatic hydroxyl groups excluding tert-OH is 1. The van der Waals surface area contributed by atoms with Crippen molar-refractivity contribution in [1.82, 2.24) is 10.2 Å². The number of carbonyl (C=O) groups is 2. The first-order chi connectivity index (χ1) is 11.6. The normalized spacial score (nSPS) is 18.6. The number of aliphatic hydroxyl groups is 1. The van der Waals surface area contributed by atoms with E-state index in [9.17, 15) is 14.7 Å². The minimum atomic E-state index is -0.772. The van der Waals surface area contributed by atoms with Gasteiger partial charge in [0.05, 0.1) is 6.10 Å². The highest BCUT2D eigenvalue weighted by Gasteiger charge is 2.32. The Morgan fingerprint density at radius 1 is 1.25 bits per heavy atom. The number of nitrogens with zero attached hydrogens (tertiary/aromatic N) is 1. The van der Waals surface area contributed by atoms with E-state index in [0.29, 0.717) is 13.0 Å². The van der Waals surface area contributed by atoms with E-state index in [1.807, 2.05) is 42.5 Å². The van der Waals surface area contributed by atoms with Crippen LogP contribution >= 0.6 is 0 Å². The van der Waals surface area contributed by atoms with Crippen molar-refractivity contribution in [3.8, 4) is 0 Å². The minimum absolute atomic E-state index is 0.0808. The van der Waals surface area contributed by atoms with E-state index in [1.54, 1.807) is 4.90 Å². The van der Waals surface area contributed by atoms with E-state index in [4.69, 9.17) is 0 Å². The molecule has 126 valence electrons. The lowest BCUT2D eigenvalue weighted by atomic mass is 10.0. The Kier molecular flexibility index (Phi) is 4.81. The summed E-state index contributed by atoms with van der Waals surface area (Å²) in [4.78, 5) is 25.4. The van der Waals surface area contributed by atoms with Crippen LogP contribution in [0.15, 0.2) is 42.5 Å². The zero-order chi connectivity index (χ0) is 17.1. The molecule has 5 heteroatoms. The van der Waals surface area contributed by atoms with Gasteiger partial charge in [0.25, 0.3) is 0 Å². The summed E-state index contributed by atoms with van der Waals surface area (Å²) in [6.45, 7) is 2.25. The van der Waals surface area contributed by atoms with E-state index < -0.39 is 12.1 Å². The molecule has 1 fully saturated rings. The second kappa shape index (κ2) is 7.01. The molecular weight excluding hydrogens is 304 g/mol. The van der Waals surface area contributed by atoms with Gasteiger partial charge in [0, 0.05) is 20.0 Å². The van der Waals surface area contributed by atoms with Crippen molar-refractivity contribution in [2.75, 3.05) is 13.1 Å². The predicted molar refractivity (Wildman–Crippen MR) is 92.3 cm³/mol. The SMILES string of the molecule is CC(=O)N1CCC[C@@H]1C(=O)NC[C@@H](O)c1ccc2ccccc2c1. The van der Waals surface area contributed by atoms with Gasteiger partial charge in [-0.3, -0.25) is 9.59 Å². The molecule has 1 aliphatic rings. The molecule has 1 aliphatic heterocycles. The van der Waals surface area contributed by atoms with Gasteiger partial charge in [0.1, 0.15) is 6.04 Å². The molecule has 0 unspecified atom stereocenters. The van der Waals surface area contributed by atoms with Crippen LogP contribution in [0, 0.1) is 0 Å². The fraction of sp³-hybridized carbons (Fsp3) is 0.368. The third-order valence-corrected chi connectivity index (χ3v) is 4.59. The van der Waals surface area contributed by atoms with Gasteiger partial charge < -0.3 is 15.3 Å². The Morgan fingerprint density at radius 3 is 2.75 bits per heavy atom. The topological polar surface area (TPSA) is 69.6 Å². The van der Waals surface area contributed by atoms with E-state index in [1.165, 1.54) is 6.92 Å². The number of carbonyl (C=O) groups excluding carboxylic acids is 2. The summed E-state index contributed by atoms with van der Waals surface area (Å²) >= 11 is 0. The van der Waals surface area contributed by atoms with E-state index >= 15 is 0 Å². The van der Waals surface area contributed by atoms with Crippen LogP contribution in [0.2, 0.25) is 0 Å². The quantitative estimate of drug-likeness (QED) is 0.903. The van der Waals surface area contributed by atoms with Gasteiger partial charge in [0.2, 0.25) is 11.8 Å². The van der Waals surface area contributed by atoms with E-state index in [2.05, 4.69) is 5.32 Å². The lowest BCUT2D eigenvalue weighted by molar-refractivity contribution is -0.137. The molecule has 5 nitrogen and oxygen atoms in total. The molecule has 1 heterocycles. The molecule has 2 aromatic rings. The van der Waals surface area contributed by atoms with Crippen LogP contribution in [0.4, 0.5) is 0 Å².